The molecule has 7 rings (SSSR count). The van der Waals surface area contributed by atoms with Gasteiger partial charge in [-0.2, -0.15) is 0 Å². The third kappa shape index (κ3) is 5.92. The maximum Gasteiger partial charge on any atom is 0.133 e. The van der Waals surface area contributed by atoms with E-state index in [9.17, 15) is 0 Å². The van der Waals surface area contributed by atoms with Gasteiger partial charge in [0.25, 0.3) is 0 Å². The Morgan fingerprint density at radius 2 is 1.46 bits per heavy atom. The second-order valence-electron chi connectivity index (χ2n) is 15.2. The average Bonchev–Trinajstić information content (AvgIpc) is 3.31. The van der Waals surface area contributed by atoms with Crippen LogP contribution in [0, 0.1) is 13.8 Å². The molecule has 1 heterocycles. The predicted molar refractivity (Wildman–Crippen MR) is 214 cm³/mol. The molecule has 1 aliphatic carbocycles. The summed E-state index contributed by atoms with van der Waals surface area (Å²) < 4.78 is 6.82. The summed E-state index contributed by atoms with van der Waals surface area (Å²) >= 11 is 0. The van der Waals surface area contributed by atoms with Gasteiger partial charge in [-0.3, -0.25) is 0 Å². The Kier molecular flexibility index (Phi) is 8.68. The van der Waals surface area contributed by atoms with E-state index >= 15 is 0 Å². The summed E-state index contributed by atoms with van der Waals surface area (Å²) in [5, 5.41) is 5.17. The van der Waals surface area contributed by atoms with E-state index in [4.69, 9.17) is 4.74 Å². The highest BCUT2D eigenvalue weighted by molar-refractivity contribution is 5.95. The van der Waals surface area contributed by atoms with Crippen LogP contribution < -0.4 is 9.64 Å². The summed E-state index contributed by atoms with van der Waals surface area (Å²) in [6.07, 6.45) is 12.1. The molecule has 0 unspecified atom stereocenters. The molecule has 2 aliphatic rings. The second kappa shape index (κ2) is 13.0. The van der Waals surface area contributed by atoms with Gasteiger partial charge in [0.2, 0.25) is 0 Å². The van der Waals surface area contributed by atoms with Crippen molar-refractivity contribution in [1.29, 1.82) is 0 Å². The normalized spacial score (nSPS) is 17.8. The first-order chi connectivity index (χ1) is 24.0. The van der Waals surface area contributed by atoms with Gasteiger partial charge in [-0.1, -0.05) is 137 Å². The predicted octanol–water partition coefficient (Wildman–Crippen LogP) is 12.8. The molecule has 0 aromatic heterocycles. The number of hydrogen-bond acceptors (Lipinski definition) is 2. The van der Waals surface area contributed by atoms with Crippen molar-refractivity contribution in [3.8, 4) is 5.75 Å². The van der Waals surface area contributed by atoms with Gasteiger partial charge in [0.15, 0.2) is 0 Å². The Bertz CT molecular complexity index is 2250. The number of likely N-dealkylation sites (N-methyl/N-ethyl adjacent to an activating group) is 1. The first-order valence-electron chi connectivity index (χ1n) is 18.0. The molecule has 0 radical (unpaired) electrons. The maximum atomic E-state index is 6.82. The highest BCUT2D eigenvalue weighted by Gasteiger charge is 2.39. The fourth-order valence-corrected chi connectivity index (χ4v) is 8.23. The number of allylic oxidation sites excluding steroid dienone is 8. The largest absolute Gasteiger partial charge is 0.457 e. The zero-order valence-electron chi connectivity index (χ0n) is 30.7. The van der Waals surface area contributed by atoms with E-state index in [0.717, 1.165) is 36.3 Å². The first kappa shape index (κ1) is 33.4. The second-order valence-corrected chi connectivity index (χ2v) is 15.2. The molecule has 0 spiro atoms. The average molecular weight is 656 g/mol. The molecule has 0 saturated carbocycles. The highest BCUT2D eigenvalue weighted by atomic mass is 16.5. The van der Waals surface area contributed by atoms with Crippen LogP contribution in [-0.2, 0) is 10.8 Å². The molecular formula is C48H49NO. The summed E-state index contributed by atoms with van der Waals surface area (Å²) in [7, 11) is 2.20. The summed E-state index contributed by atoms with van der Waals surface area (Å²) in [5.41, 5.74) is 10.9. The standard InChI is InChI=1S/C48H49NO/c1-32-20-28-39(29-21-32)50-46-37(25-23-34(3)47(4,5)44-33(2)22-24-35-14-9-11-18-40(35)44)16-13-17-38(46)27-31-43-48(6,7)45-41-19-12-10-15-36(41)26-30-42(45)49(43)8/h9-12,14-15,18-31H,3,13,16-17H2,1-2,4-8H3/b25-23+,38-27+,43-31+. The number of hydrogen-bond donors (Lipinski definition) is 0. The molecular weight excluding hydrogens is 607 g/mol. The van der Waals surface area contributed by atoms with E-state index < -0.39 is 0 Å². The van der Waals surface area contributed by atoms with Gasteiger partial charge in [-0.25, -0.2) is 0 Å². The van der Waals surface area contributed by atoms with Crippen molar-refractivity contribution in [2.45, 2.75) is 71.6 Å². The topological polar surface area (TPSA) is 12.5 Å². The third-order valence-electron chi connectivity index (χ3n) is 11.1. The monoisotopic (exact) mass is 655 g/mol. The molecule has 0 amide bonds. The van der Waals surface area contributed by atoms with Crippen LogP contribution in [-0.4, -0.2) is 7.05 Å². The maximum absolute atomic E-state index is 6.82. The van der Waals surface area contributed by atoms with Crippen molar-refractivity contribution in [2.75, 3.05) is 11.9 Å². The smallest absolute Gasteiger partial charge is 0.133 e. The third-order valence-corrected chi connectivity index (χ3v) is 11.1. The van der Waals surface area contributed by atoms with Crippen LogP contribution in [0.3, 0.4) is 0 Å². The number of ether oxygens (including phenoxy) is 1. The van der Waals surface area contributed by atoms with Crippen LogP contribution in [0.1, 0.15) is 69.2 Å². The van der Waals surface area contributed by atoms with Crippen LogP contribution in [0.4, 0.5) is 5.69 Å². The van der Waals surface area contributed by atoms with Crippen molar-refractivity contribution in [2.24, 2.45) is 0 Å². The number of nitrogens with zero attached hydrogens (tertiary/aromatic N) is 1. The number of fused-ring (bicyclic) bond motifs is 4. The molecule has 2 heteroatoms. The molecule has 5 aromatic carbocycles. The Morgan fingerprint density at radius 1 is 0.800 bits per heavy atom. The summed E-state index contributed by atoms with van der Waals surface area (Å²) in [4.78, 5) is 2.37. The Balaban J connectivity index is 1.28. The van der Waals surface area contributed by atoms with Crippen LogP contribution in [0.25, 0.3) is 21.5 Å². The van der Waals surface area contributed by atoms with E-state index in [0.29, 0.717) is 0 Å². The molecule has 2 nitrogen and oxygen atoms in total. The van der Waals surface area contributed by atoms with Crippen molar-refractivity contribution >= 4 is 27.2 Å². The summed E-state index contributed by atoms with van der Waals surface area (Å²) in [5.74, 6) is 1.82. The fourth-order valence-electron chi connectivity index (χ4n) is 8.23. The van der Waals surface area contributed by atoms with E-state index in [1.807, 2.05) is 0 Å². The van der Waals surface area contributed by atoms with E-state index in [1.54, 1.807) is 0 Å². The van der Waals surface area contributed by atoms with Gasteiger partial charge < -0.3 is 9.64 Å². The molecule has 0 saturated heterocycles. The van der Waals surface area contributed by atoms with Gasteiger partial charge in [0.05, 0.1) is 0 Å². The highest BCUT2D eigenvalue weighted by Crippen LogP contribution is 2.50. The number of aryl methyl sites for hydroxylation is 2. The molecule has 50 heavy (non-hydrogen) atoms. The Hall–Kier alpha value is -5.08. The lowest BCUT2D eigenvalue weighted by Crippen LogP contribution is -2.23. The zero-order chi connectivity index (χ0) is 35.2. The van der Waals surface area contributed by atoms with Crippen LogP contribution in [0.2, 0.25) is 0 Å². The van der Waals surface area contributed by atoms with Gasteiger partial charge in [0, 0.05) is 29.3 Å². The zero-order valence-corrected chi connectivity index (χ0v) is 30.7. The van der Waals surface area contributed by atoms with E-state index in [-0.39, 0.29) is 10.8 Å². The lowest BCUT2D eigenvalue weighted by atomic mass is 9.74. The van der Waals surface area contributed by atoms with E-state index in [1.165, 1.54) is 66.3 Å². The lowest BCUT2D eigenvalue weighted by molar-refractivity contribution is 0.415. The van der Waals surface area contributed by atoms with Gasteiger partial charge in [0.1, 0.15) is 11.5 Å². The number of anilines is 1. The molecule has 1 aliphatic heterocycles. The molecule has 252 valence electrons. The SMILES string of the molecule is C=C(/C=C/C1=C(Oc2ccc(C)cc2)C(=C/C=C2/N(C)c3ccc4ccccc4c3C2(C)C)/CCC1)C(C)(C)c1c(C)ccc2ccccc12. The quantitative estimate of drug-likeness (QED) is 0.162. The van der Waals surface area contributed by atoms with Crippen LogP contribution in [0.15, 0.2) is 156 Å². The molecule has 0 atom stereocenters. The van der Waals surface area contributed by atoms with Gasteiger partial charge >= 0.3 is 0 Å². The fraction of sp³-hybridized carbons (Fsp3) is 0.250. The van der Waals surface area contributed by atoms with Crippen molar-refractivity contribution in [3.05, 3.63) is 178 Å². The Labute approximate surface area is 298 Å². The van der Waals surface area contributed by atoms with E-state index in [2.05, 4.69) is 181 Å². The minimum Gasteiger partial charge on any atom is -0.457 e. The van der Waals surface area contributed by atoms with Crippen LogP contribution >= 0.6 is 0 Å². The lowest BCUT2D eigenvalue weighted by Gasteiger charge is -2.30. The Morgan fingerprint density at radius 3 is 2.20 bits per heavy atom. The first-order valence-corrected chi connectivity index (χ1v) is 18.0. The number of benzene rings is 5. The minimum atomic E-state index is -0.254. The molecule has 0 bridgehead atoms. The molecule has 0 N–H and O–H groups in total. The van der Waals surface area contributed by atoms with Crippen molar-refractivity contribution in [1.82, 2.24) is 0 Å². The molecule has 0 fully saturated rings. The molecule has 5 aromatic rings. The van der Waals surface area contributed by atoms with Crippen molar-refractivity contribution < 1.29 is 4.74 Å². The minimum absolute atomic E-state index is 0.149. The van der Waals surface area contributed by atoms with Crippen molar-refractivity contribution in [3.63, 3.8) is 0 Å². The van der Waals surface area contributed by atoms with Gasteiger partial charge in [-0.15, -0.1) is 0 Å². The summed E-state index contributed by atoms with van der Waals surface area (Å²) in [6.45, 7) is 18.3. The number of rotatable bonds is 7. The summed E-state index contributed by atoms with van der Waals surface area (Å²) in [6, 6.07) is 34.8. The van der Waals surface area contributed by atoms with Gasteiger partial charge in [-0.05, 0) is 112 Å². The van der Waals surface area contributed by atoms with Crippen LogP contribution in [0.5, 0.6) is 5.75 Å².